The van der Waals surface area contributed by atoms with Crippen LogP contribution in [0.3, 0.4) is 0 Å². The molecule has 1 saturated heterocycles. The fourth-order valence-electron chi connectivity index (χ4n) is 1.90. The van der Waals surface area contributed by atoms with Gasteiger partial charge in [-0.05, 0) is 24.3 Å². The molecule has 0 spiro atoms. The first-order chi connectivity index (χ1) is 8.53. The summed E-state index contributed by atoms with van der Waals surface area (Å²) in [5.74, 6) is 0. The molecule has 100 valence electrons. The molecule has 7 heteroatoms. The quantitative estimate of drug-likeness (QED) is 0.852. The summed E-state index contributed by atoms with van der Waals surface area (Å²) in [6, 6.07) is 5.81. The highest BCUT2D eigenvalue weighted by atomic mass is 35.5. The van der Waals surface area contributed by atoms with Crippen LogP contribution in [0.4, 0.5) is 0 Å². The topological polar surface area (TPSA) is 67.4 Å². The first kappa shape index (κ1) is 13.8. The van der Waals surface area contributed by atoms with E-state index in [4.69, 9.17) is 16.3 Å². The molecular formula is C11H15ClN2O3S. The Morgan fingerprint density at radius 2 is 2.00 bits per heavy atom. The van der Waals surface area contributed by atoms with E-state index in [9.17, 15) is 8.42 Å². The number of sulfonamides is 1. The van der Waals surface area contributed by atoms with Crippen LogP contribution in [0.15, 0.2) is 29.2 Å². The smallest absolute Gasteiger partial charge is 0.240 e. The molecule has 1 fully saturated rings. The summed E-state index contributed by atoms with van der Waals surface area (Å²) in [7, 11) is -1.96. The highest BCUT2D eigenvalue weighted by molar-refractivity contribution is 7.89. The Bertz CT molecular complexity index is 504. The lowest BCUT2D eigenvalue weighted by atomic mass is 10.2. The zero-order valence-corrected chi connectivity index (χ0v) is 11.5. The molecule has 1 aliphatic rings. The lowest BCUT2D eigenvalue weighted by Gasteiger charge is -2.18. The average Bonchev–Trinajstić information content (AvgIpc) is 2.76. The number of halogens is 1. The van der Waals surface area contributed by atoms with Crippen molar-refractivity contribution in [3.8, 4) is 0 Å². The third kappa shape index (κ3) is 3.02. The number of rotatable bonds is 4. The highest BCUT2D eigenvalue weighted by Crippen LogP contribution is 2.15. The second kappa shape index (κ2) is 5.54. The maximum atomic E-state index is 12.1. The minimum absolute atomic E-state index is 0.146. The second-order valence-electron chi connectivity index (χ2n) is 4.11. The van der Waals surface area contributed by atoms with E-state index in [1.165, 1.54) is 12.1 Å². The van der Waals surface area contributed by atoms with Gasteiger partial charge in [0, 0.05) is 25.2 Å². The van der Waals surface area contributed by atoms with Crippen LogP contribution < -0.4 is 10.0 Å². The monoisotopic (exact) mass is 290 g/mol. The summed E-state index contributed by atoms with van der Waals surface area (Å²) >= 11 is 5.73. The van der Waals surface area contributed by atoms with Gasteiger partial charge in [0.1, 0.15) is 0 Å². The number of hydrogen-bond donors (Lipinski definition) is 2. The summed E-state index contributed by atoms with van der Waals surface area (Å²) < 4.78 is 32.1. The number of hydrogen-bond acceptors (Lipinski definition) is 4. The SMILES string of the molecule is CO[C@@H]1CNCC1NS(=O)(=O)c1ccc(Cl)cc1. The standard InChI is InChI=1S/C11H15ClN2O3S/c1-17-11-7-13-6-10(11)14-18(15,16)9-4-2-8(12)3-5-9/h2-5,10-11,13-14H,6-7H2,1H3/t10?,11-/m1/s1. The first-order valence-corrected chi connectivity index (χ1v) is 7.40. The maximum absolute atomic E-state index is 12.1. The molecule has 1 aromatic rings. The van der Waals surface area contributed by atoms with Gasteiger partial charge in [-0.2, -0.15) is 0 Å². The predicted octanol–water partition coefficient (Wildman–Crippen LogP) is 0.605. The van der Waals surface area contributed by atoms with Crippen molar-refractivity contribution in [2.75, 3.05) is 20.2 Å². The van der Waals surface area contributed by atoms with E-state index in [0.717, 1.165) is 0 Å². The summed E-state index contributed by atoms with van der Waals surface area (Å²) in [6.07, 6.45) is -0.146. The molecule has 0 aromatic heterocycles. The van der Waals surface area contributed by atoms with Gasteiger partial charge in [-0.3, -0.25) is 0 Å². The van der Waals surface area contributed by atoms with E-state index in [1.807, 2.05) is 0 Å². The van der Waals surface area contributed by atoms with Crippen molar-refractivity contribution >= 4 is 21.6 Å². The molecular weight excluding hydrogens is 276 g/mol. The largest absolute Gasteiger partial charge is 0.378 e. The van der Waals surface area contributed by atoms with Crippen molar-refractivity contribution in [2.45, 2.75) is 17.0 Å². The molecule has 1 aromatic carbocycles. The van der Waals surface area contributed by atoms with Gasteiger partial charge in [-0.15, -0.1) is 0 Å². The zero-order chi connectivity index (χ0) is 13.2. The van der Waals surface area contributed by atoms with Crippen molar-refractivity contribution in [1.29, 1.82) is 0 Å². The third-order valence-corrected chi connectivity index (χ3v) is 4.65. The van der Waals surface area contributed by atoms with Gasteiger partial charge in [0.25, 0.3) is 0 Å². The number of methoxy groups -OCH3 is 1. The number of nitrogens with one attached hydrogen (secondary N) is 2. The predicted molar refractivity (Wildman–Crippen MR) is 69.2 cm³/mol. The Labute approximate surface area is 112 Å². The Morgan fingerprint density at radius 1 is 1.33 bits per heavy atom. The van der Waals surface area contributed by atoms with Gasteiger partial charge in [0.2, 0.25) is 10.0 Å². The van der Waals surface area contributed by atoms with E-state index in [-0.39, 0.29) is 17.0 Å². The Balaban J connectivity index is 2.14. The second-order valence-corrected chi connectivity index (χ2v) is 6.26. The van der Waals surface area contributed by atoms with Gasteiger partial charge >= 0.3 is 0 Å². The normalized spacial score (nSPS) is 24.3. The van der Waals surface area contributed by atoms with E-state index >= 15 is 0 Å². The molecule has 0 radical (unpaired) electrons. The van der Waals surface area contributed by atoms with E-state index in [0.29, 0.717) is 18.1 Å². The van der Waals surface area contributed by atoms with Crippen LogP contribution in [0, 0.1) is 0 Å². The molecule has 1 heterocycles. The van der Waals surface area contributed by atoms with Crippen LogP contribution in [0.2, 0.25) is 5.02 Å². The Hall–Kier alpha value is -0.660. The molecule has 2 atom stereocenters. The number of benzene rings is 1. The molecule has 0 amide bonds. The summed E-state index contributed by atoms with van der Waals surface area (Å²) in [5.41, 5.74) is 0. The molecule has 0 aliphatic carbocycles. The molecule has 0 bridgehead atoms. The van der Waals surface area contributed by atoms with Crippen LogP contribution in [-0.4, -0.2) is 40.8 Å². The van der Waals surface area contributed by atoms with Crippen LogP contribution in [0.1, 0.15) is 0 Å². The van der Waals surface area contributed by atoms with E-state index < -0.39 is 10.0 Å². The van der Waals surface area contributed by atoms with E-state index in [1.54, 1.807) is 19.2 Å². The summed E-state index contributed by atoms with van der Waals surface area (Å²) in [5, 5.41) is 3.59. The fourth-order valence-corrected chi connectivity index (χ4v) is 3.29. The van der Waals surface area contributed by atoms with Crippen LogP contribution in [-0.2, 0) is 14.8 Å². The van der Waals surface area contributed by atoms with Crippen molar-refractivity contribution in [1.82, 2.24) is 10.0 Å². The molecule has 2 N–H and O–H groups in total. The molecule has 1 aliphatic heterocycles. The lowest BCUT2D eigenvalue weighted by molar-refractivity contribution is 0.103. The molecule has 18 heavy (non-hydrogen) atoms. The van der Waals surface area contributed by atoms with Crippen molar-refractivity contribution < 1.29 is 13.2 Å². The molecule has 1 unspecified atom stereocenters. The van der Waals surface area contributed by atoms with Crippen LogP contribution in [0.25, 0.3) is 0 Å². The summed E-state index contributed by atoms with van der Waals surface area (Å²) in [6.45, 7) is 1.20. The Morgan fingerprint density at radius 3 is 2.61 bits per heavy atom. The lowest BCUT2D eigenvalue weighted by Crippen LogP contribution is -2.43. The maximum Gasteiger partial charge on any atom is 0.240 e. The minimum atomic E-state index is -3.53. The summed E-state index contributed by atoms with van der Waals surface area (Å²) in [4.78, 5) is 0.202. The molecule has 2 rings (SSSR count). The Kier molecular flexibility index (Phi) is 4.24. The van der Waals surface area contributed by atoms with Gasteiger partial charge in [-0.1, -0.05) is 11.6 Å². The van der Waals surface area contributed by atoms with E-state index in [2.05, 4.69) is 10.0 Å². The van der Waals surface area contributed by atoms with Gasteiger partial charge in [0.15, 0.2) is 0 Å². The van der Waals surface area contributed by atoms with Gasteiger partial charge < -0.3 is 10.1 Å². The average molecular weight is 291 g/mol. The molecule has 0 saturated carbocycles. The fraction of sp³-hybridized carbons (Fsp3) is 0.455. The number of ether oxygens (including phenoxy) is 1. The minimum Gasteiger partial charge on any atom is -0.378 e. The highest BCUT2D eigenvalue weighted by Gasteiger charge is 2.31. The third-order valence-electron chi connectivity index (χ3n) is 2.89. The van der Waals surface area contributed by atoms with Crippen LogP contribution >= 0.6 is 11.6 Å². The van der Waals surface area contributed by atoms with Crippen molar-refractivity contribution in [3.05, 3.63) is 29.3 Å². The van der Waals surface area contributed by atoms with Gasteiger partial charge in [0.05, 0.1) is 17.0 Å². The van der Waals surface area contributed by atoms with Crippen molar-refractivity contribution in [3.63, 3.8) is 0 Å². The zero-order valence-electron chi connectivity index (χ0n) is 9.89. The van der Waals surface area contributed by atoms with Crippen molar-refractivity contribution in [2.24, 2.45) is 0 Å². The van der Waals surface area contributed by atoms with Crippen LogP contribution in [0.5, 0.6) is 0 Å². The van der Waals surface area contributed by atoms with Gasteiger partial charge in [-0.25, -0.2) is 13.1 Å². The first-order valence-electron chi connectivity index (χ1n) is 5.54. The molecule has 5 nitrogen and oxygen atoms in total.